The highest BCUT2D eigenvalue weighted by molar-refractivity contribution is 5.93. The molecule has 5 nitrogen and oxygen atoms in total. The van der Waals surface area contributed by atoms with E-state index in [0.717, 1.165) is 25.7 Å². The van der Waals surface area contributed by atoms with Crippen molar-refractivity contribution in [2.75, 3.05) is 6.61 Å². The summed E-state index contributed by atoms with van der Waals surface area (Å²) in [5, 5.41) is 12.1. The smallest absolute Gasteiger partial charge is 0.256 e. The van der Waals surface area contributed by atoms with Crippen LogP contribution in [0.15, 0.2) is 23.3 Å². The monoisotopic (exact) mass is 250 g/mol. The summed E-state index contributed by atoms with van der Waals surface area (Å²) in [6.07, 6.45) is 6.83. The van der Waals surface area contributed by atoms with Gasteiger partial charge in [-0.15, -0.1) is 0 Å². The van der Waals surface area contributed by atoms with Crippen molar-refractivity contribution in [2.45, 2.75) is 31.7 Å². The molecule has 3 N–H and O–H groups in total. The number of nitrogens with one attached hydrogen (secondary N) is 2. The molecule has 1 aliphatic rings. The Morgan fingerprint density at radius 3 is 2.94 bits per heavy atom. The molecule has 1 saturated carbocycles. The SMILES string of the molecule is O=C(NC1CCCCC1CO)c1c[nH]ccc1=O. The van der Waals surface area contributed by atoms with Crippen molar-refractivity contribution in [3.05, 3.63) is 34.2 Å². The Kier molecular flexibility index (Phi) is 4.15. The summed E-state index contributed by atoms with van der Waals surface area (Å²) in [4.78, 5) is 26.2. The minimum absolute atomic E-state index is 0.0316. The third kappa shape index (κ3) is 2.79. The lowest BCUT2D eigenvalue weighted by Gasteiger charge is -2.30. The number of hydrogen-bond donors (Lipinski definition) is 3. The molecule has 0 bridgehead atoms. The second-order valence-corrected chi connectivity index (χ2v) is 4.73. The van der Waals surface area contributed by atoms with E-state index < -0.39 is 0 Å². The first-order chi connectivity index (χ1) is 8.72. The van der Waals surface area contributed by atoms with Crippen molar-refractivity contribution >= 4 is 5.91 Å². The van der Waals surface area contributed by atoms with Crippen molar-refractivity contribution in [1.29, 1.82) is 0 Å². The molecular weight excluding hydrogens is 232 g/mol. The van der Waals surface area contributed by atoms with Gasteiger partial charge in [-0.05, 0) is 12.8 Å². The standard InChI is InChI=1S/C13H18N2O3/c16-8-9-3-1-2-4-11(9)15-13(18)10-7-14-6-5-12(10)17/h5-7,9,11,16H,1-4,8H2,(H,14,17)(H,15,18). The summed E-state index contributed by atoms with van der Waals surface area (Å²) < 4.78 is 0. The normalized spacial score (nSPS) is 23.6. The quantitative estimate of drug-likeness (QED) is 0.737. The van der Waals surface area contributed by atoms with E-state index >= 15 is 0 Å². The van der Waals surface area contributed by atoms with Gasteiger partial charge in [0, 0.05) is 37.0 Å². The highest BCUT2D eigenvalue weighted by atomic mass is 16.3. The molecule has 1 aromatic heterocycles. The van der Waals surface area contributed by atoms with Gasteiger partial charge in [0.2, 0.25) is 0 Å². The minimum atomic E-state index is -0.359. The Labute approximate surface area is 105 Å². The number of aliphatic hydroxyl groups excluding tert-OH is 1. The summed E-state index contributed by atoms with van der Waals surface area (Å²) in [6, 6.07) is 1.30. The maximum Gasteiger partial charge on any atom is 0.256 e. The molecule has 1 amide bonds. The van der Waals surface area contributed by atoms with E-state index in [9.17, 15) is 14.7 Å². The lowest BCUT2D eigenvalue weighted by atomic mass is 9.85. The zero-order valence-corrected chi connectivity index (χ0v) is 10.2. The van der Waals surface area contributed by atoms with Gasteiger partial charge in [-0.2, -0.15) is 0 Å². The van der Waals surface area contributed by atoms with E-state index in [1.165, 1.54) is 18.5 Å². The maximum atomic E-state index is 12.0. The van der Waals surface area contributed by atoms with E-state index in [-0.39, 0.29) is 35.5 Å². The number of carbonyl (C=O) groups is 1. The molecule has 1 aliphatic carbocycles. The number of hydrogen-bond acceptors (Lipinski definition) is 3. The molecule has 0 spiro atoms. The number of aromatic nitrogens is 1. The predicted octanol–water partition coefficient (Wildman–Crippen LogP) is 0.656. The zero-order valence-electron chi connectivity index (χ0n) is 10.2. The molecule has 1 heterocycles. The average Bonchev–Trinajstić information content (AvgIpc) is 2.39. The van der Waals surface area contributed by atoms with Gasteiger partial charge in [0.05, 0.1) is 0 Å². The molecule has 1 aromatic rings. The molecule has 98 valence electrons. The lowest BCUT2D eigenvalue weighted by molar-refractivity contribution is 0.0871. The Hall–Kier alpha value is -1.62. The maximum absolute atomic E-state index is 12.0. The Balaban J connectivity index is 2.07. The van der Waals surface area contributed by atoms with Crippen LogP contribution in [-0.4, -0.2) is 28.6 Å². The fraction of sp³-hybridized carbons (Fsp3) is 0.538. The Morgan fingerprint density at radius 2 is 2.22 bits per heavy atom. The van der Waals surface area contributed by atoms with Gasteiger partial charge in [-0.3, -0.25) is 9.59 Å². The number of pyridine rings is 1. The van der Waals surface area contributed by atoms with Crippen LogP contribution in [0.4, 0.5) is 0 Å². The number of aromatic amines is 1. The Morgan fingerprint density at radius 1 is 1.44 bits per heavy atom. The Bertz CT molecular complexity index is 469. The molecule has 0 aliphatic heterocycles. The van der Waals surface area contributed by atoms with Crippen LogP contribution in [0.2, 0.25) is 0 Å². The van der Waals surface area contributed by atoms with Crippen molar-refractivity contribution in [3.63, 3.8) is 0 Å². The van der Waals surface area contributed by atoms with E-state index in [2.05, 4.69) is 10.3 Å². The van der Waals surface area contributed by atoms with Crippen LogP contribution in [0.3, 0.4) is 0 Å². The third-order valence-corrected chi connectivity index (χ3v) is 3.53. The van der Waals surface area contributed by atoms with Gasteiger partial charge < -0.3 is 15.4 Å². The van der Waals surface area contributed by atoms with Crippen LogP contribution in [0.5, 0.6) is 0 Å². The molecular formula is C13H18N2O3. The molecule has 2 atom stereocenters. The zero-order chi connectivity index (χ0) is 13.0. The van der Waals surface area contributed by atoms with Crippen molar-refractivity contribution in [1.82, 2.24) is 10.3 Å². The van der Waals surface area contributed by atoms with E-state index in [4.69, 9.17) is 0 Å². The number of H-pyrrole nitrogens is 1. The molecule has 2 rings (SSSR count). The molecule has 0 aromatic carbocycles. The fourth-order valence-electron chi connectivity index (χ4n) is 2.46. The van der Waals surface area contributed by atoms with E-state index in [0.29, 0.717) is 0 Å². The molecule has 5 heteroatoms. The minimum Gasteiger partial charge on any atom is -0.396 e. The molecule has 0 radical (unpaired) electrons. The number of aliphatic hydroxyl groups is 1. The van der Waals surface area contributed by atoms with Gasteiger partial charge in [-0.1, -0.05) is 12.8 Å². The highest BCUT2D eigenvalue weighted by Crippen LogP contribution is 2.24. The van der Waals surface area contributed by atoms with Gasteiger partial charge in [0.25, 0.3) is 5.91 Å². The van der Waals surface area contributed by atoms with E-state index in [1.54, 1.807) is 0 Å². The number of rotatable bonds is 3. The number of amides is 1. The van der Waals surface area contributed by atoms with E-state index in [1.807, 2.05) is 0 Å². The second-order valence-electron chi connectivity index (χ2n) is 4.73. The summed E-state index contributed by atoms with van der Waals surface area (Å²) in [6.45, 7) is 0.0795. The fourth-order valence-corrected chi connectivity index (χ4v) is 2.46. The predicted molar refractivity (Wildman–Crippen MR) is 67.4 cm³/mol. The van der Waals surface area contributed by atoms with Gasteiger partial charge in [0.1, 0.15) is 5.56 Å². The van der Waals surface area contributed by atoms with Crippen molar-refractivity contribution in [3.8, 4) is 0 Å². The molecule has 0 saturated heterocycles. The summed E-state index contributed by atoms with van der Waals surface area (Å²) in [7, 11) is 0. The van der Waals surface area contributed by atoms with Crippen LogP contribution < -0.4 is 10.7 Å². The number of carbonyl (C=O) groups excluding carboxylic acids is 1. The van der Waals surface area contributed by atoms with Gasteiger partial charge in [-0.25, -0.2) is 0 Å². The first kappa shape index (κ1) is 12.8. The molecule has 1 fully saturated rings. The summed E-state index contributed by atoms with van der Waals surface area (Å²) in [5.74, 6) is -0.257. The topological polar surface area (TPSA) is 82.2 Å². The molecule has 2 unspecified atom stereocenters. The van der Waals surface area contributed by atoms with Crippen molar-refractivity contribution < 1.29 is 9.90 Å². The van der Waals surface area contributed by atoms with Crippen LogP contribution in [0, 0.1) is 5.92 Å². The van der Waals surface area contributed by atoms with Gasteiger partial charge in [0.15, 0.2) is 5.43 Å². The van der Waals surface area contributed by atoms with Crippen LogP contribution in [0.25, 0.3) is 0 Å². The molecule has 18 heavy (non-hydrogen) atoms. The first-order valence-corrected chi connectivity index (χ1v) is 6.31. The average molecular weight is 250 g/mol. The van der Waals surface area contributed by atoms with Crippen LogP contribution in [-0.2, 0) is 0 Å². The summed E-state index contributed by atoms with van der Waals surface area (Å²) >= 11 is 0. The van der Waals surface area contributed by atoms with Gasteiger partial charge >= 0.3 is 0 Å². The van der Waals surface area contributed by atoms with Crippen LogP contribution >= 0.6 is 0 Å². The van der Waals surface area contributed by atoms with Crippen LogP contribution in [0.1, 0.15) is 36.0 Å². The third-order valence-electron chi connectivity index (χ3n) is 3.53. The first-order valence-electron chi connectivity index (χ1n) is 6.31. The second kappa shape index (κ2) is 5.82. The van der Waals surface area contributed by atoms with Crippen molar-refractivity contribution in [2.24, 2.45) is 5.92 Å². The highest BCUT2D eigenvalue weighted by Gasteiger charge is 2.26. The largest absolute Gasteiger partial charge is 0.396 e. The summed E-state index contributed by atoms with van der Waals surface area (Å²) in [5.41, 5.74) is -0.164. The lowest BCUT2D eigenvalue weighted by Crippen LogP contribution is -2.44.